The molecule has 0 bridgehead atoms. The van der Waals surface area contributed by atoms with Gasteiger partial charge in [0.25, 0.3) is 5.91 Å². The predicted molar refractivity (Wildman–Crippen MR) is 139 cm³/mol. The van der Waals surface area contributed by atoms with E-state index in [2.05, 4.69) is 15.3 Å². The molecule has 0 unspecified atom stereocenters. The number of halogens is 1. The Kier molecular flexibility index (Phi) is 7.71. The quantitative estimate of drug-likeness (QED) is 0.297. The van der Waals surface area contributed by atoms with Gasteiger partial charge < -0.3 is 14.6 Å². The fraction of sp³-hybridized carbons (Fsp3) is 0.192. The van der Waals surface area contributed by atoms with E-state index < -0.39 is 20.9 Å². The normalized spacial score (nSPS) is 11.3. The van der Waals surface area contributed by atoms with Crippen LogP contribution in [0.1, 0.15) is 34.3 Å². The number of furan rings is 1. The Labute approximate surface area is 214 Å². The third-order valence-electron chi connectivity index (χ3n) is 5.46. The van der Waals surface area contributed by atoms with E-state index in [0.717, 1.165) is 11.1 Å². The first-order valence-electron chi connectivity index (χ1n) is 11.2. The first kappa shape index (κ1) is 25.4. The average molecular weight is 525 g/mol. The number of benzene rings is 2. The lowest BCUT2D eigenvalue weighted by Gasteiger charge is -2.25. The zero-order chi connectivity index (χ0) is 25.7. The number of carbonyl (C=O) groups is 1. The summed E-state index contributed by atoms with van der Waals surface area (Å²) in [6.45, 7) is 4.07. The summed E-state index contributed by atoms with van der Waals surface area (Å²) in [6.07, 6.45) is 2.93. The number of hydrogen-bond acceptors (Lipinski definition) is 7. The third kappa shape index (κ3) is 6.10. The third-order valence-corrected chi connectivity index (χ3v) is 7.21. The minimum Gasteiger partial charge on any atom is -0.467 e. The van der Waals surface area contributed by atoms with Crippen LogP contribution in [-0.4, -0.2) is 30.0 Å². The van der Waals surface area contributed by atoms with E-state index in [1.165, 1.54) is 13.1 Å². The Bertz CT molecular complexity index is 1460. The Morgan fingerprint density at radius 1 is 1.08 bits per heavy atom. The molecule has 1 amide bonds. The van der Waals surface area contributed by atoms with Crippen molar-refractivity contribution in [2.45, 2.75) is 32.1 Å². The molecule has 0 atom stereocenters. The number of sulfone groups is 1. The van der Waals surface area contributed by atoms with E-state index in [9.17, 15) is 13.2 Å². The molecule has 2 aromatic heterocycles. The molecule has 0 saturated heterocycles. The summed E-state index contributed by atoms with van der Waals surface area (Å²) in [5.41, 5.74) is 2.77. The molecule has 36 heavy (non-hydrogen) atoms. The molecule has 2 heterocycles. The van der Waals surface area contributed by atoms with Gasteiger partial charge in [-0.15, -0.1) is 0 Å². The first-order chi connectivity index (χ1) is 17.2. The lowest BCUT2D eigenvalue weighted by molar-refractivity contribution is 0.102. The molecule has 0 aliphatic carbocycles. The predicted octanol–water partition coefficient (Wildman–Crippen LogP) is 5.28. The molecule has 8 nitrogen and oxygen atoms in total. The monoisotopic (exact) mass is 524 g/mol. The van der Waals surface area contributed by atoms with Gasteiger partial charge in [-0.05, 0) is 48.9 Å². The molecule has 4 rings (SSSR count). The van der Waals surface area contributed by atoms with Crippen molar-refractivity contribution in [3.63, 3.8) is 0 Å². The second-order valence-corrected chi connectivity index (χ2v) is 10.8. The van der Waals surface area contributed by atoms with Crippen molar-refractivity contribution < 1.29 is 17.6 Å². The van der Waals surface area contributed by atoms with Gasteiger partial charge in [0.05, 0.1) is 30.4 Å². The highest BCUT2D eigenvalue weighted by Gasteiger charge is 2.25. The standard InChI is InChI=1S/C26H25ClN4O4S/c1-3-36(33,34)26-28-15-23(24(30-26)25(32)29-21-11-9-18(2)10-12-21)31(17-22-8-5-13-35-22)16-19-6-4-7-20(27)14-19/h4-15H,3,16-17H2,1-2H3,(H,29,32). The highest BCUT2D eigenvalue weighted by Crippen LogP contribution is 2.26. The van der Waals surface area contributed by atoms with Crippen LogP contribution in [0.15, 0.2) is 82.7 Å². The molecule has 10 heteroatoms. The summed E-state index contributed by atoms with van der Waals surface area (Å²) in [4.78, 5) is 23.6. The largest absolute Gasteiger partial charge is 0.467 e. The van der Waals surface area contributed by atoms with E-state index in [-0.39, 0.29) is 18.0 Å². The Hall–Kier alpha value is -3.69. The maximum Gasteiger partial charge on any atom is 0.276 e. The van der Waals surface area contributed by atoms with E-state index in [1.54, 1.807) is 30.5 Å². The molecule has 4 aromatic rings. The van der Waals surface area contributed by atoms with Gasteiger partial charge >= 0.3 is 0 Å². The van der Waals surface area contributed by atoms with Gasteiger partial charge in [0.1, 0.15) is 5.76 Å². The maximum atomic E-state index is 13.4. The second-order valence-electron chi connectivity index (χ2n) is 8.18. The fourth-order valence-electron chi connectivity index (χ4n) is 3.54. The Morgan fingerprint density at radius 3 is 2.53 bits per heavy atom. The van der Waals surface area contributed by atoms with Gasteiger partial charge in [-0.1, -0.05) is 48.4 Å². The molecular weight excluding hydrogens is 500 g/mol. The molecule has 0 radical (unpaired) electrons. The zero-order valence-corrected chi connectivity index (χ0v) is 21.4. The molecule has 0 aliphatic rings. The number of hydrogen-bond donors (Lipinski definition) is 1. The number of nitrogens with zero attached hydrogens (tertiary/aromatic N) is 3. The second kappa shape index (κ2) is 10.9. The fourth-order valence-corrected chi connectivity index (χ4v) is 4.45. The zero-order valence-electron chi connectivity index (χ0n) is 19.8. The summed E-state index contributed by atoms with van der Waals surface area (Å²) in [5, 5.41) is 2.99. The van der Waals surface area contributed by atoms with Crippen LogP contribution in [-0.2, 0) is 22.9 Å². The summed E-state index contributed by atoms with van der Waals surface area (Å²) >= 11 is 6.19. The highest BCUT2D eigenvalue weighted by atomic mass is 35.5. The number of aromatic nitrogens is 2. The Morgan fingerprint density at radius 2 is 1.86 bits per heavy atom. The minimum absolute atomic E-state index is 0.0637. The molecule has 0 spiro atoms. The van der Waals surface area contributed by atoms with E-state index in [1.807, 2.05) is 48.2 Å². The van der Waals surface area contributed by atoms with Crippen LogP contribution in [0.2, 0.25) is 5.02 Å². The van der Waals surface area contributed by atoms with E-state index in [4.69, 9.17) is 16.0 Å². The number of nitrogens with one attached hydrogen (secondary N) is 1. The number of anilines is 2. The highest BCUT2D eigenvalue weighted by molar-refractivity contribution is 7.91. The summed E-state index contributed by atoms with van der Waals surface area (Å²) < 4.78 is 30.6. The number of amides is 1. The smallest absolute Gasteiger partial charge is 0.276 e. The van der Waals surface area contributed by atoms with Gasteiger partial charge in [0.15, 0.2) is 5.69 Å². The van der Waals surface area contributed by atoms with Crippen LogP contribution in [0.5, 0.6) is 0 Å². The van der Waals surface area contributed by atoms with Crippen molar-refractivity contribution in [1.29, 1.82) is 0 Å². The van der Waals surface area contributed by atoms with Crippen LogP contribution in [0, 0.1) is 6.92 Å². The van der Waals surface area contributed by atoms with Crippen LogP contribution >= 0.6 is 11.6 Å². The molecule has 0 saturated carbocycles. The molecular formula is C26H25ClN4O4S. The summed E-state index contributed by atoms with van der Waals surface area (Å²) in [6, 6.07) is 18.2. The molecule has 0 aliphatic heterocycles. The van der Waals surface area contributed by atoms with Crippen molar-refractivity contribution in [1.82, 2.24) is 9.97 Å². The topological polar surface area (TPSA) is 105 Å². The lowest BCUT2D eigenvalue weighted by atomic mass is 10.1. The van der Waals surface area contributed by atoms with Gasteiger partial charge in [-0.25, -0.2) is 18.4 Å². The van der Waals surface area contributed by atoms with Crippen molar-refractivity contribution >= 4 is 38.7 Å². The van der Waals surface area contributed by atoms with Crippen molar-refractivity contribution in [3.05, 3.63) is 101 Å². The SMILES string of the molecule is CCS(=O)(=O)c1ncc(N(Cc2cccc(Cl)c2)Cc2ccco2)c(C(=O)Nc2ccc(C)cc2)n1. The summed E-state index contributed by atoms with van der Waals surface area (Å²) in [7, 11) is -3.75. The van der Waals surface area contributed by atoms with Crippen LogP contribution in [0.25, 0.3) is 0 Å². The molecule has 186 valence electrons. The van der Waals surface area contributed by atoms with Crippen molar-refractivity contribution in [3.8, 4) is 0 Å². The van der Waals surface area contributed by atoms with Gasteiger partial charge in [0, 0.05) is 17.3 Å². The molecule has 2 aromatic carbocycles. The van der Waals surface area contributed by atoms with E-state index in [0.29, 0.717) is 28.7 Å². The van der Waals surface area contributed by atoms with Crippen molar-refractivity contribution in [2.24, 2.45) is 0 Å². The number of aryl methyl sites for hydroxylation is 1. The van der Waals surface area contributed by atoms with Crippen molar-refractivity contribution in [2.75, 3.05) is 16.0 Å². The first-order valence-corrected chi connectivity index (χ1v) is 13.3. The number of carbonyl (C=O) groups excluding carboxylic acids is 1. The summed E-state index contributed by atoms with van der Waals surface area (Å²) in [5.74, 6) is -0.101. The van der Waals surface area contributed by atoms with Crippen LogP contribution < -0.4 is 10.2 Å². The van der Waals surface area contributed by atoms with Crippen LogP contribution in [0.3, 0.4) is 0 Å². The number of rotatable bonds is 9. The van der Waals surface area contributed by atoms with E-state index >= 15 is 0 Å². The van der Waals surface area contributed by atoms with Gasteiger partial charge in [-0.3, -0.25) is 4.79 Å². The molecule has 1 N–H and O–H groups in total. The van der Waals surface area contributed by atoms with Crippen LogP contribution in [0.4, 0.5) is 11.4 Å². The molecule has 0 fully saturated rings. The average Bonchev–Trinajstić information content (AvgIpc) is 3.38. The Balaban J connectivity index is 1.79. The maximum absolute atomic E-state index is 13.4. The van der Waals surface area contributed by atoms with Gasteiger partial charge in [0.2, 0.25) is 15.0 Å². The van der Waals surface area contributed by atoms with Gasteiger partial charge in [-0.2, -0.15) is 0 Å². The lowest BCUT2D eigenvalue weighted by Crippen LogP contribution is -2.27. The minimum atomic E-state index is -3.75.